The van der Waals surface area contributed by atoms with Gasteiger partial charge in [-0.2, -0.15) is 13.2 Å². The van der Waals surface area contributed by atoms with E-state index in [1.807, 2.05) is 0 Å². The van der Waals surface area contributed by atoms with Crippen LogP contribution in [0.2, 0.25) is 0 Å². The first-order valence-electron chi connectivity index (χ1n) is 5.12. The minimum absolute atomic E-state index is 0.140. The Kier molecular flexibility index (Phi) is 5.05. The van der Waals surface area contributed by atoms with Crippen LogP contribution in [0.3, 0.4) is 0 Å². The van der Waals surface area contributed by atoms with Crippen LogP contribution in [0, 0.1) is 11.8 Å². The van der Waals surface area contributed by atoms with Crippen LogP contribution >= 0.6 is 0 Å². The normalized spacial score (nSPS) is 12.7. The first kappa shape index (κ1) is 13.6. The Morgan fingerprint density at radius 3 is 2.41 bits per heavy atom. The number of ether oxygens (including phenoxy) is 1. The lowest BCUT2D eigenvalue weighted by Crippen LogP contribution is -2.13. The highest BCUT2D eigenvalue weighted by Crippen LogP contribution is 2.30. The van der Waals surface area contributed by atoms with E-state index < -0.39 is 18.5 Å². The lowest BCUT2D eigenvalue weighted by molar-refractivity contribution is -0.136. The van der Waals surface area contributed by atoms with Gasteiger partial charge in [0.15, 0.2) is 0 Å². The lowest BCUT2D eigenvalue weighted by Gasteiger charge is -2.13. The number of hydrogen-bond donors (Lipinski definition) is 0. The molecule has 1 rings (SSSR count). The molecular weight excluding hydrogens is 229 g/mol. The highest BCUT2D eigenvalue weighted by molar-refractivity contribution is 5.28. The van der Waals surface area contributed by atoms with Crippen molar-refractivity contribution in [1.29, 1.82) is 0 Å². The Bertz CT molecular complexity index is 387. The van der Waals surface area contributed by atoms with E-state index in [1.165, 1.54) is 7.11 Å². The average Bonchev–Trinajstić information content (AvgIpc) is 2.28. The largest absolute Gasteiger partial charge is 0.390 e. The van der Waals surface area contributed by atoms with Crippen molar-refractivity contribution in [3.05, 3.63) is 35.9 Å². The summed E-state index contributed by atoms with van der Waals surface area (Å²) in [5, 5.41) is 0. The molecule has 0 fully saturated rings. The van der Waals surface area contributed by atoms with Crippen molar-refractivity contribution in [3.8, 4) is 11.8 Å². The van der Waals surface area contributed by atoms with Gasteiger partial charge in [0, 0.05) is 7.11 Å². The molecule has 4 heteroatoms. The van der Waals surface area contributed by atoms with Gasteiger partial charge in [0.05, 0.1) is 12.3 Å². The third-order valence-electron chi connectivity index (χ3n) is 2.13. The number of halogens is 3. The van der Waals surface area contributed by atoms with Crippen LogP contribution < -0.4 is 0 Å². The second kappa shape index (κ2) is 6.31. The fourth-order valence-electron chi connectivity index (χ4n) is 1.41. The summed E-state index contributed by atoms with van der Waals surface area (Å²) in [5.41, 5.74) is 0.577. The second-order valence-electron chi connectivity index (χ2n) is 3.54. The number of methoxy groups -OCH3 is 1. The fraction of sp³-hybridized carbons (Fsp3) is 0.385. The SMILES string of the molecule is COCC#C[C@H](CC(F)(F)F)c1ccccc1. The maximum atomic E-state index is 12.4. The molecule has 0 bridgehead atoms. The van der Waals surface area contributed by atoms with Gasteiger partial charge in [0.2, 0.25) is 0 Å². The molecule has 0 heterocycles. The molecule has 0 amide bonds. The van der Waals surface area contributed by atoms with Crippen molar-refractivity contribution < 1.29 is 17.9 Å². The van der Waals surface area contributed by atoms with Gasteiger partial charge in [-0.05, 0) is 5.56 Å². The van der Waals surface area contributed by atoms with Gasteiger partial charge in [-0.3, -0.25) is 0 Å². The maximum absolute atomic E-state index is 12.4. The summed E-state index contributed by atoms with van der Waals surface area (Å²) >= 11 is 0. The molecular formula is C13H13F3O. The van der Waals surface area contributed by atoms with Crippen molar-refractivity contribution in [2.75, 3.05) is 13.7 Å². The summed E-state index contributed by atoms with van der Waals surface area (Å²) in [6.07, 6.45) is -5.16. The van der Waals surface area contributed by atoms with Crippen LogP contribution in [-0.4, -0.2) is 19.9 Å². The van der Waals surface area contributed by atoms with E-state index in [0.717, 1.165) is 0 Å². The highest BCUT2D eigenvalue weighted by Gasteiger charge is 2.31. The Balaban J connectivity index is 2.84. The molecule has 1 atom stereocenters. The molecule has 0 aliphatic heterocycles. The molecule has 17 heavy (non-hydrogen) atoms. The smallest absolute Gasteiger partial charge is 0.372 e. The van der Waals surface area contributed by atoms with Crippen molar-refractivity contribution in [2.45, 2.75) is 18.5 Å². The third-order valence-corrected chi connectivity index (χ3v) is 2.13. The molecule has 1 aromatic carbocycles. The monoisotopic (exact) mass is 242 g/mol. The zero-order chi connectivity index (χ0) is 12.7. The average molecular weight is 242 g/mol. The maximum Gasteiger partial charge on any atom is 0.390 e. The van der Waals surface area contributed by atoms with Gasteiger partial charge in [-0.1, -0.05) is 42.2 Å². The Labute approximate surface area is 98.6 Å². The predicted octanol–water partition coefficient (Wildman–Crippen LogP) is 3.37. The molecule has 92 valence electrons. The fourth-order valence-corrected chi connectivity index (χ4v) is 1.41. The van der Waals surface area contributed by atoms with Crippen LogP contribution in [0.5, 0.6) is 0 Å². The van der Waals surface area contributed by atoms with E-state index in [4.69, 9.17) is 4.74 Å². The standard InChI is InChI=1S/C13H13F3O/c1-17-9-5-8-12(10-13(14,15)16)11-6-3-2-4-7-11/h2-4,6-7,12H,9-10H2,1H3/t12-/m1/s1. The Morgan fingerprint density at radius 1 is 1.24 bits per heavy atom. The van der Waals surface area contributed by atoms with Crippen LogP contribution in [0.4, 0.5) is 13.2 Å². The highest BCUT2D eigenvalue weighted by atomic mass is 19.4. The molecule has 1 nitrogen and oxygen atoms in total. The van der Waals surface area contributed by atoms with E-state index in [1.54, 1.807) is 30.3 Å². The summed E-state index contributed by atoms with van der Waals surface area (Å²) < 4.78 is 41.9. The van der Waals surface area contributed by atoms with E-state index in [9.17, 15) is 13.2 Å². The summed E-state index contributed by atoms with van der Waals surface area (Å²) in [6, 6.07) is 8.47. The first-order valence-corrected chi connectivity index (χ1v) is 5.12. The molecule has 0 unspecified atom stereocenters. The molecule has 0 saturated heterocycles. The van der Waals surface area contributed by atoms with Crippen LogP contribution in [0.15, 0.2) is 30.3 Å². The van der Waals surface area contributed by atoms with Crippen molar-refractivity contribution in [2.24, 2.45) is 0 Å². The summed E-state index contributed by atoms with van der Waals surface area (Å²) in [7, 11) is 1.45. The van der Waals surface area contributed by atoms with Gasteiger partial charge >= 0.3 is 6.18 Å². The first-order chi connectivity index (χ1) is 8.03. The third kappa shape index (κ3) is 5.41. The molecule has 0 N–H and O–H groups in total. The second-order valence-corrected chi connectivity index (χ2v) is 3.54. The summed E-state index contributed by atoms with van der Waals surface area (Å²) in [5.74, 6) is 4.36. The van der Waals surface area contributed by atoms with Gasteiger partial charge in [-0.15, -0.1) is 0 Å². The zero-order valence-electron chi connectivity index (χ0n) is 9.42. The number of hydrogen-bond acceptors (Lipinski definition) is 1. The van der Waals surface area contributed by atoms with Crippen LogP contribution in [-0.2, 0) is 4.74 Å². The summed E-state index contributed by atoms with van der Waals surface area (Å²) in [6.45, 7) is 0.140. The molecule has 1 aromatic rings. The van der Waals surface area contributed by atoms with E-state index in [-0.39, 0.29) is 6.61 Å². The van der Waals surface area contributed by atoms with Gasteiger partial charge in [0.1, 0.15) is 6.61 Å². The van der Waals surface area contributed by atoms with E-state index in [0.29, 0.717) is 5.56 Å². The van der Waals surface area contributed by atoms with E-state index in [2.05, 4.69) is 11.8 Å². The zero-order valence-corrected chi connectivity index (χ0v) is 9.42. The van der Waals surface area contributed by atoms with Crippen LogP contribution in [0.25, 0.3) is 0 Å². The molecule has 0 radical (unpaired) electrons. The number of benzene rings is 1. The molecule has 0 spiro atoms. The topological polar surface area (TPSA) is 9.23 Å². The number of rotatable bonds is 3. The quantitative estimate of drug-likeness (QED) is 0.738. The van der Waals surface area contributed by atoms with E-state index >= 15 is 0 Å². The van der Waals surface area contributed by atoms with Crippen molar-refractivity contribution in [1.82, 2.24) is 0 Å². The molecule has 0 aromatic heterocycles. The lowest BCUT2D eigenvalue weighted by atomic mass is 9.96. The predicted molar refractivity (Wildman–Crippen MR) is 59.5 cm³/mol. The van der Waals surface area contributed by atoms with Crippen molar-refractivity contribution in [3.63, 3.8) is 0 Å². The minimum atomic E-state index is -4.22. The van der Waals surface area contributed by atoms with Crippen molar-refractivity contribution >= 4 is 0 Å². The Morgan fingerprint density at radius 2 is 1.88 bits per heavy atom. The van der Waals surface area contributed by atoms with Gasteiger partial charge in [0.25, 0.3) is 0 Å². The van der Waals surface area contributed by atoms with Gasteiger partial charge < -0.3 is 4.74 Å². The number of alkyl halides is 3. The summed E-state index contributed by atoms with van der Waals surface area (Å²) in [4.78, 5) is 0. The molecule has 0 saturated carbocycles. The van der Waals surface area contributed by atoms with Gasteiger partial charge in [-0.25, -0.2) is 0 Å². The Hall–Kier alpha value is -1.47. The molecule has 0 aliphatic rings. The molecule has 0 aliphatic carbocycles. The minimum Gasteiger partial charge on any atom is -0.372 e. The van der Waals surface area contributed by atoms with Crippen LogP contribution in [0.1, 0.15) is 17.9 Å².